The molecule has 2 aromatic heterocycles. The van der Waals surface area contributed by atoms with Crippen LogP contribution in [0.3, 0.4) is 0 Å². The molecule has 0 fully saturated rings. The molecule has 0 saturated heterocycles. The molecule has 1 atom stereocenters. The van der Waals surface area contributed by atoms with E-state index in [1.165, 1.54) is 0 Å². The van der Waals surface area contributed by atoms with E-state index in [1.54, 1.807) is 0 Å². The van der Waals surface area contributed by atoms with Crippen LogP contribution in [0.15, 0.2) is 36.4 Å². The van der Waals surface area contributed by atoms with Gasteiger partial charge in [-0.05, 0) is 26.8 Å². The van der Waals surface area contributed by atoms with E-state index in [0.29, 0.717) is 26.1 Å². The van der Waals surface area contributed by atoms with Gasteiger partial charge in [0.2, 0.25) is 5.91 Å². The topological polar surface area (TPSA) is 68.8 Å². The van der Waals surface area contributed by atoms with E-state index in [1.807, 2.05) is 71.4 Å². The van der Waals surface area contributed by atoms with Crippen molar-refractivity contribution < 1.29 is 4.79 Å². The van der Waals surface area contributed by atoms with Gasteiger partial charge < -0.3 is 4.90 Å². The molecule has 0 aliphatic carbocycles. The number of amides is 1. The van der Waals surface area contributed by atoms with Gasteiger partial charge in [-0.15, -0.1) is 0 Å². The van der Waals surface area contributed by atoms with Crippen LogP contribution in [0.25, 0.3) is 11.4 Å². The molecule has 1 aliphatic rings. The van der Waals surface area contributed by atoms with E-state index < -0.39 is 0 Å². The lowest BCUT2D eigenvalue weighted by Gasteiger charge is -2.33. The summed E-state index contributed by atoms with van der Waals surface area (Å²) in [5.74, 6) is 1.69. The van der Waals surface area contributed by atoms with Crippen molar-refractivity contribution in [1.29, 1.82) is 0 Å². The lowest BCUT2D eigenvalue weighted by molar-refractivity contribution is -0.134. The summed E-state index contributed by atoms with van der Waals surface area (Å²) < 4.78 is 3.83. The maximum absolute atomic E-state index is 12.8. The minimum atomic E-state index is -0.0864. The Balaban J connectivity index is 1.48. The molecule has 3 heterocycles. The van der Waals surface area contributed by atoms with Gasteiger partial charge in [-0.25, -0.2) is 9.67 Å². The van der Waals surface area contributed by atoms with E-state index in [9.17, 15) is 4.79 Å². The molecule has 0 bridgehead atoms. The molecule has 0 saturated carbocycles. The Labute approximate surface area is 158 Å². The number of nitrogens with zero attached hydrogens (tertiary/aromatic N) is 6. The van der Waals surface area contributed by atoms with Crippen LogP contribution in [-0.4, -0.2) is 41.9 Å². The number of aromatic nitrogens is 5. The summed E-state index contributed by atoms with van der Waals surface area (Å²) in [5.41, 5.74) is 3.06. The van der Waals surface area contributed by atoms with E-state index in [0.717, 1.165) is 28.6 Å². The zero-order valence-electron chi connectivity index (χ0n) is 16.0. The summed E-state index contributed by atoms with van der Waals surface area (Å²) in [5, 5.41) is 9.07. The largest absolute Gasteiger partial charge is 0.331 e. The van der Waals surface area contributed by atoms with Crippen LogP contribution in [0.4, 0.5) is 0 Å². The average Bonchev–Trinajstić information content (AvgIpc) is 3.24. The zero-order valence-corrected chi connectivity index (χ0v) is 16.0. The lowest BCUT2D eigenvalue weighted by atomic mass is 10.2. The van der Waals surface area contributed by atoms with E-state index in [2.05, 4.69) is 10.2 Å². The van der Waals surface area contributed by atoms with E-state index >= 15 is 0 Å². The number of fused-ring (bicyclic) bond motifs is 1. The molecule has 0 spiro atoms. The summed E-state index contributed by atoms with van der Waals surface area (Å²) in [6, 6.07) is 11.9. The van der Waals surface area contributed by atoms with Gasteiger partial charge in [0.1, 0.15) is 5.82 Å². The van der Waals surface area contributed by atoms with Crippen molar-refractivity contribution in [3.63, 3.8) is 0 Å². The molecule has 3 aromatic rings. The SMILES string of the molecule is Cc1cc(C)n(CCC(=O)N2CCn3nc(-c4ccccc4)nc3[C@@H]2C)n1. The third kappa shape index (κ3) is 3.37. The molecule has 4 rings (SSSR count). The van der Waals surface area contributed by atoms with Crippen molar-refractivity contribution in [1.82, 2.24) is 29.4 Å². The van der Waals surface area contributed by atoms with Gasteiger partial charge >= 0.3 is 0 Å². The van der Waals surface area contributed by atoms with E-state index in [-0.39, 0.29) is 11.9 Å². The van der Waals surface area contributed by atoms with Gasteiger partial charge in [-0.3, -0.25) is 9.48 Å². The third-order valence-corrected chi connectivity index (χ3v) is 5.09. The number of aryl methyl sites for hydroxylation is 3. The minimum absolute atomic E-state index is 0.0864. The van der Waals surface area contributed by atoms with Crippen LogP contribution >= 0.6 is 0 Å². The maximum atomic E-state index is 12.8. The fourth-order valence-electron chi connectivity index (χ4n) is 3.66. The van der Waals surface area contributed by atoms with Crippen LogP contribution in [0.1, 0.15) is 36.6 Å². The third-order valence-electron chi connectivity index (χ3n) is 5.09. The zero-order chi connectivity index (χ0) is 19.0. The smallest absolute Gasteiger partial charge is 0.225 e. The van der Waals surface area contributed by atoms with Crippen LogP contribution in [0.2, 0.25) is 0 Å². The molecule has 27 heavy (non-hydrogen) atoms. The molecule has 1 aliphatic heterocycles. The monoisotopic (exact) mass is 364 g/mol. The number of carbonyl (C=O) groups excluding carboxylic acids is 1. The molecule has 7 heteroatoms. The first-order valence-electron chi connectivity index (χ1n) is 9.33. The second kappa shape index (κ2) is 6.98. The highest BCUT2D eigenvalue weighted by Crippen LogP contribution is 2.26. The first-order chi connectivity index (χ1) is 13.0. The van der Waals surface area contributed by atoms with Crippen LogP contribution in [0.5, 0.6) is 0 Å². The second-order valence-electron chi connectivity index (χ2n) is 7.05. The van der Waals surface area contributed by atoms with Crippen LogP contribution in [0, 0.1) is 13.8 Å². The fourth-order valence-corrected chi connectivity index (χ4v) is 3.66. The number of rotatable bonds is 4. The molecule has 7 nitrogen and oxygen atoms in total. The van der Waals surface area contributed by atoms with Gasteiger partial charge in [0.05, 0.1) is 18.3 Å². The molecular formula is C20H24N6O. The molecule has 1 amide bonds. The number of benzene rings is 1. The van der Waals surface area contributed by atoms with Crippen LogP contribution in [-0.2, 0) is 17.9 Å². The fraction of sp³-hybridized carbons (Fsp3) is 0.400. The van der Waals surface area contributed by atoms with Crippen molar-refractivity contribution in [2.75, 3.05) is 6.54 Å². The Bertz CT molecular complexity index is 958. The Hall–Kier alpha value is -2.96. The predicted octanol–water partition coefficient (Wildman–Crippen LogP) is 2.75. The summed E-state index contributed by atoms with van der Waals surface area (Å²) in [6.45, 7) is 7.93. The summed E-state index contributed by atoms with van der Waals surface area (Å²) in [7, 11) is 0. The van der Waals surface area contributed by atoms with Crippen LogP contribution < -0.4 is 0 Å². The molecular weight excluding hydrogens is 340 g/mol. The van der Waals surface area contributed by atoms with Crippen molar-refractivity contribution >= 4 is 5.91 Å². The number of hydrogen-bond acceptors (Lipinski definition) is 4. The van der Waals surface area contributed by atoms with Crippen molar-refractivity contribution in [3.05, 3.63) is 53.6 Å². The highest BCUT2D eigenvalue weighted by molar-refractivity contribution is 5.76. The summed E-state index contributed by atoms with van der Waals surface area (Å²) in [4.78, 5) is 19.4. The Morgan fingerprint density at radius 3 is 2.63 bits per heavy atom. The van der Waals surface area contributed by atoms with Gasteiger partial charge in [0.15, 0.2) is 5.82 Å². The van der Waals surface area contributed by atoms with Gasteiger partial charge in [0.25, 0.3) is 0 Å². The summed E-state index contributed by atoms with van der Waals surface area (Å²) in [6.07, 6.45) is 0.436. The lowest BCUT2D eigenvalue weighted by Crippen LogP contribution is -2.41. The Morgan fingerprint density at radius 2 is 1.93 bits per heavy atom. The Morgan fingerprint density at radius 1 is 1.15 bits per heavy atom. The minimum Gasteiger partial charge on any atom is -0.331 e. The molecule has 140 valence electrons. The number of carbonyl (C=O) groups is 1. The normalized spacial score (nSPS) is 16.4. The second-order valence-corrected chi connectivity index (χ2v) is 7.05. The first-order valence-corrected chi connectivity index (χ1v) is 9.33. The van der Waals surface area contributed by atoms with E-state index in [4.69, 9.17) is 4.98 Å². The van der Waals surface area contributed by atoms with Crippen molar-refractivity contribution in [2.45, 2.75) is 46.3 Å². The molecule has 1 aromatic carbocycles. The Kier molecular flexibility index (Phi) is 4.51. The highest BCUT2D eigenvalue weighted by Gasteiger charge is 2.30. The van der Waals surface area contributed by atoms with Gasteiger partial charge in [-0.1, -0.05) is 30.3 Å². The molecule has 0 unspecified atom stereocenters. The standard InChI is InChI=1S/C20H24N6O/c1-14-13-15(2)25(22-14)10-9-18(27)24-11-12-26-20(16(24)3)21-19(23-26)17-7-5-4-6-8-17/h4-8,13,16H,9-12H2,1-3H3/t16-/m0/s1. The van der Waals surface area contributed by atoms with Crippen molar-refractivity contribution in [2.24, 2.45) is 0 Å². The number of hydrogen-bond donors (Lipinski definition) is 0. The van der Waals surface area contributed by atoms with Crippen molar-refractivity contribution in [3.8, 4) is 11.4 Å². The molecule has 0 radical (unpaired) electrons. The molecule has 0 N–H and O–H groups in total. The summed E-state index contributed by atoms with van der Waals surface area (Å²) >= 11 is 0. The first kappa shape index (κ1) is 17.5. The quantitative estimate of drug-likeness (QED) is 0.714. The highest BCUT2D eigenvalue weighted by atomic mass is 16.2. The predicted molar refractivity (Wildman–Crippen MR) is 102 cm³/mol. The maximum Gasteiger partial charge on any atom is 0.225 e. The average molecular weight is 364 g/mol. The van der Waals surface area contributed by atoms with Gasteiger partial charge in [0, 0.05) is 30.8 Å². The van der Waals surface area contributed by atoms with Gasteiger partial charge in [-0.2, -0.15) is 10.2 Å².